The van der Waals surface area contributed by atoms with Crippen molar-refractivity contribution in [1.29, 1.82) is 0 Å². The lowest BCUT2D eigenvalue weighted by atomic mass is 9.98. The molecule has 0 atom stereocenters. The second-order valence-electron chi connectivity index (χ2n) is 9.01. The van der Waals surface area contributed by atoms with Gasteiger partial charge in [-0.05, 0) is 57.7 Å². The smallest absolute Gasteiger partial charge is 0.274 e. The van der Waals surface area contributed by atoms with Crippen molar-refractivity contribution in [3.8, 4) is 0 Å². The highest BCUT2D eigenvalue weighted by Crippen LogP contribution is 2.26. The van der Waals surface area contributed by atoms with Crippen LogP contribution in [0, 0.1) is 25.6 Å². The Hall–Kier alpha value is -3.38. The number of nitrogens with two attached hydrogens (primary N) is 1. The number of carbonyl (C=O) groups is 2. The molecule has 3 heterocycles. The molecule has 0 unspecified atom stereocenters. The molecule has 2 amide bonds. The number of benzene rings is 1. The Labute approximate surface area is 208 Å². The molecule has 1 aromatic carbocycles. The monoisotopic (exact) mass is 516 g/mol. The number of pyridine rings is 1. The number of nitrogens with one attached hydrogen (secondary N) is 1. The lowest BCUT2D eigenvalue weighted by Crippen LogP contribution is -2.40. The summed E-state index contributed by atoms with van der Waals surface area (Å²) < 4.78 is 41.3. The van der Waals surface area contributed by atoms with Crippen LogP contribution in [-0.4, -0.2) is 58.1 Å². The van der Waals surface area contributed by atoms with Crippen molar-refractivity contribution in [3.63, 3.8) is 0 Å². The van der Waals surface area contributed by atoms with Crippen LogP contribution in [0.4, 0.5) is 10.1 Å². The molecule has 0 aliphatic carbocycles. The van der Waals surface area contributed by atoms with Gasteiger partial charge in [0, 0.05) is 31.1 Å². The number of anilines is 1. The third kappa shape index (κ3) is 5.09. The van der Waals surface area contributed by atoms with E-state index in [0.717, 1.165) is 24.6 Å². The molecule has 0 radical (unpaired) electrons. The fraction of sp³-hybridized carbons (Fsp3) is 0.417. The molecular weight excluding hydrogens is 487 g/mol. The molecule has 1 aliphatic rings. The zero-order valence-electron chi connectivity index (χ0n) is 20.4. The van der Waals surface area contributed by atoms with Crippen LogP contribution in [0.2, 0.25) is 0 Å². The number of nitrogens with zero attached hydrogens (tertiary/aromatic N) is 4. The summed E-state index contributed by atoms with van der Waals surface area (Å²) in [5, 5.41) is 7.74. The van der Waals surface area contributed by atoms with Crippen LogP contribution < -0.4 is 11.1 Å². The summed E-state index contributed by atoms with van der Waals surface area (Å²) in [5.41, 5.74) is 7.50. The van der Waals surface area contributed by atoms with Crippen LogP contribution in [0.25, 0.3) is 10.9 Å². The molecule has 0 saturated carbocycles. The van der Waals surface area contributed by atoms with Crippen molar-refractivity contribution in [2.75, 3.05) is 24.2 Å². The zero-order chi connectivity index (χ0) is 26.2. The largest absolute Gasteiger partial charge is 0.366 e. The van der Waals surface area contributed by atoms with Crippen LogP contribution >= 0.6 is 0 Å². The van der Waals surface area contributed by atoms with Gasteiger partial charge >= 0.3 is 0 Å². The summed E-state index contributed by atoms with van der Waals surface area (Å²) in [4.78, 5) is 29.2. The lowest BCUT2D eigenvalue weighted by Gasteiger charge is -2.31. The molecule has 192 valence electrons. The van der Waals surface area contributed by atoms with E-state index in [9.17, 15) is 22.4 Å². The van der Waals surface area contributed by atoms with Gasteiger partial charge in [-0.3, -0.25) is 14.3 Å². The lowest BCUT2D eigenvalue weighted by molar-refractivity contribution is 0.100. The predicted molar refractivity (Wildman–Crippen MR) is 134 cm³/mol. The highest BCUT2D eigenvalue weighted by atomic mass is 32.2. The Kier molecular flexibility index (Phi) is 7.10. The van der Waals surface area contributed by atoms with E-state index in [2.05, 4.69) is 15.4 Å². The number of aromatic nitrogens is 3. The van der Waals surface area contributed by atoms with Gasteiger partial charge in [0.1, 0.15) is 11.5 Å². The molecule has 12 heteroatoms. The molecule has 0 spiro atoms. The van der Waals surface area contributed by atoms with Gasteiger partial charge in [-0.15, -0.1) is 0 Å². The number of amides is 2. The number of hydrogen-bond acceptors (Lipinski definition) is 6. The highest BCUT2D eigenvalue weighted by molar-refractivity contribution is 7.89. The van der Waals surface area contributed by atoms with Crippen molar-refractivity contribution in [3.05, 3.63) is 52.7 Å². The summed E-state index contributed by atoms with van der Waals surface area (Å²) >= 11 is 0. The van der Waals surface area contributed by atoms with Crippen LogP contribution in [0.5, 0.6) is 0 Å². The number of halogens is 1. The first-order valence-electron chi connectivity index (χ1n) is 11.7. The topological polar surface area (TPSA) is 140 Å². The summed E-state index contributed by atoms with van der Waals surface area (Å²) in [6.07, 6.45) is 1.46. The first kappa shape index (κ1) is 25.7. The summed E-state index contributed by atoms with van der Waals surface area (Å²) in [7, 11) is -3.19. The Morgan fingerprint density at radius 2 is 1.89 bits per heavy atom. The number of hydrogen-bond donors (Lipinski definition) is 2. The maximum atomic E-state index is 13.7. The van der Waals surface area contributed by atoms with E-state index in [4.69, 9.17) is 5.73 Å². The van der Waals surface area contributed by atoms with E-state index in [0.29, 0.717) is 36.4 Å². The fourth-order valence-corrected chi connectivity index (χ4v) is 5.68. The third-order valence-electron chi connectivity index (χ3n) is 6.65. The van der Waals surface area contributed by atoms with Gasteiger partial charge in [-0.2, -0.15) is 5.10 Å². The molecule has 1 fully saturated rings. The molecule has 2 aromatic heterocycles. The van der Waals surface area contributed by atoms with E-state index >= 15 is 0 Å². The average Bonchev–Trinajstić information content (AvgIpc) is 3.10. The SMILES string of the molecule is CCS(=O)(=O)N1CCC(Cn2nc(C)c(NC(=O)c3cc(C(N)=O)c4ccc(F)cc4n3)c2C)CC1. The van der Waals surface area contributed by atoms with Crippen molar-refractivity contribution in [1.82, 2.24) is 19.1 Å². The van der Waals surface area contributed by atoms with Gasteiger partial charge in [0.2, 0.25) is 15.9 Å². The number of fused-ring (bicyclic) bond motifs is 1. The predicted octanol–water partition coefficient (Wildman–Crippen LogP) is 2.60. The van der Waals surface area contributed by atoms with Crippen LogP contribution in [-0.2, 0) is 16.6 Å². The minimum absolute atomic E-state index is 0.0713. The van der Waals surface area contributed by atoms with Gasteiger partial charge in [0.05, 0.1) is 33.9 Å². The first-order chi connectivity index (χ1) is 17.0. The Bertz CT molecular complexity index is 1440. The van der Waals surface area contributed by atoms with Gasteiger partial charge in [0.15, 0.2) is 0 Å². The maximum Gasteiger partial charge on any atom is 0.274 e. The first-order valence-corrected chi connectivity index (χ1v) is 13.3. The van der Waals surface area contributed by atoms with E-state index in [1.807, 2.05) is 11.6 Å². The molecular formula is C24H29FN6O4S. The Morgan fingerprint density at radius 1 is 1.19 bits per heavy atom. The maximum absolute atomic E-state index is 13.7. The van der Waals surface area contributed by atoms with Crippen molar-refractivity contribution in [2.24, 2.45) is 11.7 Å². The zero-order valence-corrected chi connectivity index (χ0v) is 21.2. The van der Waals surface area contributed by atoms with Crippen LogP contribution in [0.1, 0.15) is 52.0 Å². The van der Waals surface area contributed by atoms with Crippen molar-refractivity contribution in [2.45, 2.75) is 40.2 Å². The number of piperidine rings is 1. The van der Waals surface area contributed by atoms with Crippen LogP contribution in [0.3, 0.4) is 0 Å². The van der Waals surface area contributed by atoms with Gasteiger partial charge in [-0.1, -0.05) is 0 Å². The van der Waals surface area contributed by atoms with E-state index in [-0.39, 0.29) is 28.4 Å². The number of rotatable bonds is 7. The average molecular weight is 517 g/mol. The molecule has 1 aliphatic heterocycles. The minimum Gasteiger partial charge on any atom is -0.366 e. The number of sulfonamides is 1. The number of aryl methyl sites for hydroxylation is 1. The third-order valence-corrected chi connectivity index (χ3v) is 8.53. The highest BCUT2D eigenvalue weighted by Gasteiger charge is 2.28. The summed E-state index contributed by atoms with van der Waals surface area (Å²) in [5.74, 6) is -1.52. The van der Waals surface area contributed by atoms with Gasteiger partial charge in [0.25, 0.3) is 5.91 Å². The van der Waals surface area contributed by atoms with Crippen molar-refractivity contribution < 1.29 is 22.4 Å². The molecule has 4 rings (SSSR count). The number of carbonyl (C=O) groups excluding carboxylic acids is 2. The van der Waals surface area contributed by atoms with Crippen molar-refractivity contribution >= 4 is 38.4 Å². The quantitative estimate of drug-likeness (QED) is 0.495. The molecule has 1 saturated heterocycles. The number of primary amides is 1. The van der Waals surface area contributed by atoms with Gasteiger partial charge in [-0.25, -0.2) is 22.1 Å². The van der Waals surface area contributed by atoms with Gasteiger partial charge < -0.3 is 11.1 Å². The Morgan fingerprint density at radius 3 is 2.53 bits per heavy atom. The fourth-order valence-electron chi connectivity index (χ4n) is 4.55. The second kappa shape index (κ2) is 9.94. The normalized spacial score (nSPS) is 15.3. The van der Waals surface area contributed by atoms with Crippen LogP contribution in [0.15, 0.2) is 24.3 Å². The second-order valence-corrected chi connectivity index (χ2v) is 11.3. The minimum atomic E-state index is -3.19. The van der Waals surface area contributed by atoms with E-state index in [1.54, 1.807) is 18.2 Å². The summed E-state index contributed by atoms with van der Waals surface area (Å²) in [6, 6.07) is 5.04. The molecule has 10 nitrogen and oxygen atoms in total. The molecule has 3 aromatic rings. The Balaban J connectivity index is 1.52. The van der Waals surface area contributed by atoms with E-state index in [1.165, 1.54) is 18.2 Å². The van der Waals surface area contributed by atoms with E-state index < -0.39 is 27.7 Å². The molecule has 3 N–H and O–H groups in total. The standard InChI is InChI=1S/C24H29FN6O4S/c1-4-36(34,35)30-9-7-16(8-10-30)13-31-15(3)22(14(2)29-31)28-24(33)21-12-19(23(26)32)18-6-5-17(25)11-20(18)27-21/h5-6,11-12,16H,4,7-10,13H2,1-3H3,(H2,26,32)(H,28,33). The molecule has 0 bridgehead atoms. The molecule has 36 heavy (non-hydrogen) atoms. The summed E-state index contributed by atoms with van der Waals surface area (Å²) in [6.45, 7) is 6.83.